The standard InChI is InChI=1S/C38H40N8O7S/c47-33(23-16-18-40-41-21-23)42-30-13-5-3-1-2-4-9-24-20-38(24,37(50)45-54(51,52)26-14-15-26)44-34(48)31-19-25(22-46(31)36(30)49)53-35-29-11-7-6-10-27(29)28-12-8-17-39-32(28)43-35/h4,6-12,16-18,21,24-26,30-31H,1-3,5,13-15,19-20,22H2,(H,42,47)(H,44,48)(H,45,50)/b9-4-/t24-,25-,30+,31+,38-/m1/s1. The Hall–Kier alpha value is -5.51. The molecule has 16 heteroatoms. The Kier molecular flexibility index (Phi) is 9.46. The Bertz CT molecular complexity index is 2270. The highest BCUT2D eigenvalue weighted by Gasteiger charge is 2.62. The summed E-state index contributed by atoms with van der Waals surface area (Å²) < 4.78 is 34.5. The molecule has 5 heterocycles. The lowest BCUT2D eigenvalue weighted by atomic mass is 10.0. The van der Waals surface area contributed by atoms with Crippen LogP contribution in [0.4, 0.5) is 0 Å². The first-order valence-electron chi connectivity index (χ1n) is 18.4. The number of hydrogen-bond donors (Lipinski definition) is 3. The minimum Gasteiger partial charge on any atom is -0.472 e. The lowest BCUT2D eigenvalue weighted by molar-refractivity contribution is -0.141. The Morgan fingerprint density at radius 1 is 0.944 bits per heavy atom. The lowest BCUT2D eigenvalue weighted by Crippen LogP contribution is -2.58. The van der Waals surface area contributed by atoms with Crippen LogP contribution < -0.4 is 20.1 Å². The van der Waals surface area contributed by atoms with Crippen molar-refractivity contribution in [2.24, 2.45) is 5.92 Å². The van der Waals surface area contributed by atoms with Crippen LogP contribution in [0.15, 0.2) is 73.2 Å². The van der Waals surface area contributed by atoms with Gasteiger partial charge in [-0.2, -0.15) is 15.2 Å². The van der Waals surface area contributed by atoms with E-state index in [2.05, 4.69) is 30.5 Å². The summed E-state index contributed by atoms with van der Waals surface area (Å²) in [4.78, 5) is 66.6. The van der Waals surface area contributed by atoms with Crippen molar-refractivity contribution in [3.05, 3.63) is 78.8 Å². The van der Waals surface area contributed by atoms with Crippen LogP contribution in [0.2, 0.25) is 0 Å². The minimum atomic E-state index is -3.90. The summed E-state index contributed by atoms with van der Waals surface area (Å²) in [5, 5.41) is 15.1. The Labute approximate surface area is 311 Å². The molecule has 3 fully saturated rings. The molecule has 15 nitrogen and oxygen atoms in total. The van der Waals surface area contributed by atoms with Gasteiger partial charge in [-0.1, -0.05) is 43.2 Å². The van der Waals surface area contributed by atoms with Crippen molar-refractivity contribution in [3.8, 4) is 5.88 Å². The van der Waals surface area contributed by atoms with Gasteiger partial charge >= 0.3 is 0 Å². The van der Waals surface area contributed by atoms with Gasteiger partial charge in [0.1, 0.15) is 23.7 Å². The van der Waals surface area contributed by atoms with E-state index in [1.807, 2.05) is 48.6 Å². The van der Waals surface area contributed by atoms with Crippen molar-refractivity contribution in [1.82, 2.24) is 40.4 Å². The Morgan fingerprint density at radius 3 is 2.56 bits per heavy atom. The highest BCUT2D eigenvalue weighted by atomic mass is 32.2. The van der Waals surface area contributed by atoms with Crippen molar-refractivity contribution in [1.29, 1.82) is 0 Å². The Balaban J connectivity index is 1.12. The van der Waals surface area contributed by atoms with Gasteiger partial charge in [0.2, 0.25) is 27.7 Å². The zero-order valence-corrected chi connectivity index (χ0v) is 30.2. The number of sulfonamides is 1. The van der Waals surface area contributed by atoms with Crippen LogP contribution >= 0.6 is 0 Å². The molecule has 3 N–H and O–H groups in total. The maximum Gasteiger partial charge on any atom is 0.259 e. The van der Waals surface area contributed by atoms with Crippen molar-refractivity contribution >= 4 is 55.5 Å². The molecule has 4 amide bonds. The SMILES string of the molecule is O=C(N[C@H]1CCCCC/C=C\[C@@H]2C[C@@]2(C(=O)NS(=O)(=O)C2CC2)NC(=O)[C@@H]2C[C@@H](Oc3nc4ncccc4c4ccccc34)CN2C1=O)c1ccnnc1. The van der Waals surface area contributed by atoms with Crippen molar-refractivity contribution in [2.45, 2.75) is 86.8 Å². The summed E-state index contributed by atoms with van der Waals surface area (Å²) in [6.45, 7) is -0.0189. The van der Waals surface area contributed by atoms with Crippen LogP contribution in [-0.4, -0.2) is 92.6 Å². The number of pyridine rings is 2. The molecule has 8 rings (SSSR count). The molecule has 0 bridgehead atoms. The molecule has 5 atom stereocenters. The summed E-state index contributed by atoms with van der Waals surface area (Å²) >= 11 is 0. The topological polar surface area (TPSA) is 203 Å². The van der Waals surface area contributed by atoms with Gasteiger partial charge in [-0.3, -0.25) is 23.9 Å². The zero-order valence-electron chi connectivity index (χ0n) is 29.4. The van der Waals surface area contributed by atoms with E-state index in [0.29, 0.717) is 43.6 Å². The van der Waals surface area contributed by atoms with Gasteiger partial charge in [0.25, 0.3) is 11.8 Å². The molecule has 1 aromatic carbocycles. The van der Waals surface area contributed by atoms with Gasteiger partial charge in [0.05, 0.1) is 29.8 Å². The maximum absolute atomic E-state index is 14.6. The fourth-order valence-corrected chi connectivity index (χ4v) is 8.88. The average Bonchev–Trinajstić information content (AvgIpc) is 4.11. The minimum absolute atomic E-state index is 0.0189. The largest absolute Gasteiger partial charge is 0.472 e. The second kappa shape index (κ2) is 14.4. The number of carbonyl (C=O) groups is 4. The number of fused-ring (bicyclic) bond motifs is 5. The molecule has 3 aromatic heterocycles. The number of hydrogen-bond acceptors (Lipinski definition) is 11. The van der Waals surface area contributed by atoms with Crippen LogP contribution in [0.25, 0.3) is 21.8 Å². The fourth-order valence-electron chi connectivity index (χ4n) is 7.52. The second-order valence-corrected chi connectivity index (χ2v) is 16.4. The third-order valence-corrected chi connectivity index (χ3v) is 12.5. The van der Waals surface area contributed by atoms with E-state index in [9.17, 15) is 27.6 Å². The van der Waals surface area contributed by atoms with E-state index in [1.54, 1.807) is 6.20 Å². The zero-order chi connectivity index (χ0) is 37.5. The van der Waals surface area contributed by atoms with E-state index in [0.717, 1.165) is 29.0 Å². The van der Waals surface area contributed by atoms with Gasteiger partial charge in [-0.05, 0) is 68.2 Å². The third kappa shape index (κ3) is 7.09. The summed E-state index contributed by atoms with van der Waals surface area (Å²) in [6, 6.07) is 10.8. The number of benzene rings is 1. The second-order valence-electron chi connectivity index (χ2n) is 14.5. The fraction of sp³-hybridized carbons (Fsp3) is 0.421. The van der Waals surface area contributed by atoms with Crippen molar-refractivity contribution in [3.63, 3.8) is 0 Å². The summed E-state index contributed by atoms with van der Waals surface area (Å²) in [7, 11) is -3.90. The molecule has 4 aromatic rings. The molecule has 0 radical (unpaired) electrons. The first-order chi connectivity index (χ1) is 26.1. The number of amides is 4. The molecular weight excluding hydrogens is 713 g/mol. The molecule has 54 heavy (non-hydrogen) atoms. The number of nitrogens with one attached hydrogen (secondary N) is 3. The summed E-state index contributed by atoms with van der Waals surface area (Å²) in [5.74, 6) is -2.54. The molecule has 2 saturated carbocycles. The summed E-state index contributed by atoms with van der Waals surface area (Å²) in [6.07, 6.45) is 11.8. The van der Waals surface area contributed by atoms with Crippen LogP contribution in [-0.2, 0) is 24.4 Å². The van der Waals surface area contributed by atoms with Gasteiger partial charge in [-0.25, -0.2) is 13.4 Å². The van der Waals surface area contributed by atoms with Crippen LogP contribution in [0.5, 0.6) is 5.88 Å². The maximum atomic E-state index is 14.6. The normalized spacial score (nSPS) is 26.8. The van der Waals surface area contributed by atoms with E-state index < -0.39 is 68.5 Å². The number of carbonyl (C=O) groups excluding carboxylic acids is 4. The van der Waals surface area contributed by atoms with Crippen LogP contribution in [0.3, 0.4) is 0 Å². The van der Waals surface area contributed by atoms with E-state index in [1.165, 1.54) is 23.4 Å². The molecule has 4 aliphatic rings. The molecule has 2 aliphatic carbocycles. The Morgan fingerprint density at radius 2 is 1.76 bits per heavy atom. The van der Waals surface area contributed by atoms with Gasteiger partial charge < -0.3 is 20.3 Å². The molecule has 1 saturated heterocycles. The van der Waals surface area contributed by atoms with Crippen molar-refractivity contribution < 1.29 is 32.3 Å². The molecule has 280 valence electrons. The third-order valence-electron chi connectivity index (χ3n) is 10.7. The van der Waals surface area contributed by atoms with Crippen molar-refractivity contribution in [2.75, 3.05) is 6.54 Å². The number of aromatic nitrogens is 4. The number of rotatable bonds is 7. The number of allylic oxidation sites excluding steroid dienone is 1. The van der Waals surface area contributed by atoms with E-state index >= 15 is 0 Å². The van der Waals surface area contributed by atoms with Gasteiger partial charge in [-0.15, -0.1) is 0 Å². The highest BCUT2D eigenvalue weighted by molar-refractivity contribution is 7.91. The monoisotopic (exact) mass is 752 g/mol. The summed E-state index contributed by atoms with van der Waals surface area (Å²) in [5.41, 5.74) is -0.802. The molecule has 2 aliphatic heterocycles. The molecular formula is C38H40N8O7S. The van der Waals surface area contributed by atoms with Gasteiger partial charge in [0, 0.05) is 29.3 Å². The van der Waals surface area contributed by atoms with Gasteiger partial charge in [0.15, 0.2) is 5.65 Å². The van der Waals surface area contributed by atoms with Crippen LogP contribution in [0, 0.1) is 5.92 Å². The highest BCUT2D eigenvalue weighted by Crippen LogP contribution is 2.46. The predicted molar refractivity (Wildman–Crippen MR) is 196 cm³/mol. The smallest absolute Gasteiger partial charge is 0.259 e. The van der Waals surface area contributed by atoms with E-state index in [-0.39, 0.29) is 24.9 Å². The molecule has 0 spiro atoms. The van der Waals surface area contributed by atoms with Crippen LogP contribution in [0.1, 0.15) is 68.1 Å². The lowest BCUT2D eigenvalue weighted by Gasteiger charge is -2.30. The average molecular weight is 753 g/mol. The molecule has 0 unspecified atom stereocenters. The predicted octanol–water partition coefficient (Wildman–Crippen LogP) is 2.72. The number of nitrogens with zero attached hydrogens (tertiary/aromatic N) is 5. The van der Waals surface area contributed by atoms with E-state index in [4.69, 9.17) is 9.72 Å². The first kappa shape index (κ1) is 35.5. The quantitative estimate of drug-likeness (QED) is 0.185. The number of ether oxygens (including phenoxy) is 1. The first-order valence-corrected chi connectivity index (χ1v) is 19.9.